The molecule has 24 heavy (non-hydrogen) atoms. The summed E-state index contributed by atoms with van der Waals surface area (Å²) in [6, 6.07) is 2.91. The maximum absolute atomic E-state index is 11.8. The number of rotatable bonds is 9. The Labute approximate surface area is 137 Å². The van der Waals surface area contributed by atoms with Crippen LogP contribution in [0.15, 0.2) is 18.2 Å². The normalized spacial score (nSPS) is 14.5. The van der Waals surface area contributed by atoms with E-state index in [1.54, 1.807) is 0 Å². The molecule has 0 heterocycles. The first kappa shape index (κ1) is 17.5. The Bertz CT molecular complexity index is 643. The number of carbonyl (C=O) groups excluding carboxylic acids is 1. The van der Waals surface area contributed by atoms with Crippen molar-refractivity contribution in [1.29, 1.82) is 0 Å². The molecule has 9 heteroatoms. The van der Waals surface area contributed by atoms with Crippen molar-refractivity contribution in [3.8, 4) is 11.5 Å². The highest BCUT2D eigenvalue weighted by molar-refractivity contribution is 5.84. The molecular formula is C15H18N2O7. The van der Waals surface area contributed by atoms with Gasteiger partial charge in [0.25, 0.3) is 5.91 Å². The van der Waals surface area contributed by atoms with E-state index in [4.69, 9.17) is 14.6 Å². The van der Waals surface area contributed by atoms with E-state index in [1.165, 1.54) is 25.3 Å². The van der Waals surface area contributed by atoms with Crippen molar-refractivity contribution in [2.45, 2.75) is 25.3 Å². The molecule has 1 saturated carbocycles. The Morgan fingerprint density at radius 1 is 1.46 bits per heavy atom. The van der Waals surface area contributed by atoms with Gasteiger partial charge in [0, 0.05) is 12.1 Å². The second-order valence-corrected chi connectivity index (χ2v) is 5.52. The largest absolute Gasteiger partial charge is 0.490 e. The van der Waals surface area contributed by atoms with Crippen molar-refractivity contribution < 1.29 is 29.1 Å². The number of nitro groups is 1. The Kier molecular flexibility index (Phi) is 5.56. The molecule has 0 radical (unpaired) electrons. The number of methoxy groups -OCH3 is 1. The van der Waals surface area contributed by atoms with Crippen molar-refractivity contribution in [3.05, 3.63) is 28.3 Å². The number of carboxylic acids is 1. The van der Waals surface area contributed by atoms with Crippen LogP contribution in [0.25, 0.3) is 0 Å². The summed E-state index contributed by atoms with van der Waals surface area (Å²) in [4.78, 5) is 33.2. The Hall–Kier alpha value is -2.84. The number of amides is 1. The molecule has 2 rings (SSSR count). The molecule has 1 unspecified atom stereocenters. The van der Waals surface area contributed by atoms with Gasteiger partial charge in [0.2, 0.25) is 5.75 Å². The third kappa shape index (κ3) is 4.83. The van der Waals surface area contributed by atoms with Crippen LogP contribution >= 0.6 is 0 Å². The van der Waals surface area contributed by atoms with Gasteiger partial charge in [-0.1, -0.05) is 12.8 Å². The van der Waals surface area contributed by atoms with E-state index in [2.05, 4.69) is 5.32 Å². The first-order chi connectivity index (χ1) is 11.4. The zero-order valence-corrected chi connectivity index (χ0v) is 13.1. The van der Waals surface area contributed by atoms with Gasteiger partial charge < -0.3 is 19.9 Å². The lowest BCUT2D eigenvalue weighted by molar-refractivity contribution is -0.385. The topological polar surface area (TPSA) is 128 Å². The van der Waals surface area contributed by atoms with Gasteiger partial charge >= 0.3 is 11.7 Å². The van der Waals surface area contributed by atoms with Crippen LogP contribution in [0, 0.1) is 16.0 Å². The molecule has 0 saturated heterocycles. The van der Waals surface area contributed by atoms with E-state index in [1.807, 2.05) is 0 Å². The van der Waals surface area contributed by atoms with E-state index >= 15 is 0 Å². The van der Waals surface area contributed by atoms with Crippen LogP contribution in [0.1, 0.15) is 19.3 Å². The molecular weight excluding hydrogens is 320 g/mol. The molecule has 1 atom stereocenters. The summed E-state index contributed by atoms with van der Waals surface area (Å²) in [7, 11) is 1.29. The standard InChI is InChI=1S/C15H18N2O7/c1-23-13-7-10(4-5-12(13)17(21)22)24-8-14(18)16-11(15(19)20)6-9-2-3-9/h4-5,7,9,11H,2-3,6,8H2,1H3,(H,16,18)(H,19,20). The lowest BCUT2D eigenvalue weighted by Gasteiger charge is -2.14. The van der Waals surface area contributed by atoms with Gasteiger partial charge in [-0.05, 0) is 18.4 Å². The number of carboxylic acid groups (broad SMARTS) is 1. The molecule has 0 aromatic heterocycles. The molecule has 130 valence electrons. The minimum absolute atomic E-state index is 0.00931. The average Bonchev–Trinajstić information content (AvgIpc) is 3.35. The maximum Gasteiger partial charge on any atom is 0.326 e. The molecule has 1 fully saturated rings. The van der Waals surface area contributed by atoms with Crippen LogP contribution in [0.2, 0.25) is 0 Å². The molecule has 1 aromatic rings. The summed E-state index contributed by atoms with van der Waals surface area (Å²) in [6.07, 6.45) is 2.38. The fraction of sp³-hybridized carbons (Fsp3) is 0.467. The quantitative estimate of drug-likeness (QED) is 0.514. The van der Waals surface area contributed by atoms with Crippen molar-refractivity contribution >= 4 is 17.6 Å². The predicted octanol–water partition coefficient (Wildman–Crippen LogP) is 1.35. The molecule has 1 aromatic carbocycles. The van der Waals surface area contributed by atoms with Gasteiger partial charge in [0.15, 0.2) is 6.61 Å². The van der Waals surface area contributed by atoms with Gasteiger partial charge in [-0.15, -0.1) is 0 Å². The van der Waals surface area contributed by atoms with Crippen LogP contribution in [0.5, 0.6) is 11.5 Å². The minimum Gasteiger partial charge on any atom is -0.490 e. The lowest BCUT2D eigenvalue weighted by Crippen LogP contribution is -2.43. The Balaban J connectivity index is 1.90. The van der Waals surface area contributed by atoms with E-state index in [0.717, 1.165) is 12.8 Å². The first-order valence-corrected chi connectivity index (χ1v) is 7.38. The molecule has 0 spiro atoms. The monoisotopic (exact) mass is 338 g/mol. The van der Waals surface area contributed by atoms with Crippen molar-refractivity contribution in [1.82, 2.24) is 5.32 Å². The SMILES string of the molecule is COc1cc(OCC(=O)NC(CC2CC2)C(=O)O)ccc1[N+](=O)[O-]. The summed E-state index contributed by atoms with van der Waals surface area (Å²) in [5.41, 5.74) is -0.218. The number of hydrogen-bond acceptors (Lipinski definition) is 6. The molecule has 9 nitrogen and oxygen atoms in total. The second kappa shape index (κ2) is 7.62. The molecule has 2 N–H and O–H groups in total. The molecule has 1 amide bonds. The molecule has 0 aliphatic heterocycles. The summed E-state index contributed by atoms with van der Waals surface area (Å²) in [6.45, 7) is -0.393. The Morgan fingerprint density at radius 2 is 2.17 bits per heavy atom. The second-order valence-electron chi connectivity index (χ2n) is 5.52. The highest BCUT2D eigenvalue weighted by atomic mass is 16.6. The van der Waals surface area contributed by atoms with Crippen molar-refractivity contribution in [3.63, 3.8) is 0 Å². The number of nitro benzene ring substituents is 1. The smallest absolute Gasteiger partial charge is 0.326 e. The van der Waals surface area contributed by atoms with Gasteiger partial charge in [-0.25, -0.2) is 4.79 Å². The van der Waals surface area contributed by atoms with Gasteiger partial charge in [-0.3, -0.25) is 14.9 Å². The third-order valence-electron chi connectivity index (χ3n) is 3.62. The average molecular weight is 338 g/mol. The van der Waals surface area contributed by atoms with Crippen molar-refractivity contribution in [2.75, 3.05) is 13.7 Å². The summed E-state index contributed by atoms with van der Waals surface area (Å²) < 4.78 is 10.1. The van der Waals surface area contributed by atoms with Crippen LogP contribution in [0.3, 0.4) is 0 Å². The van der Waals surface area contributed by atoms with Crippen molar-refractivity contribution in [2.24, 2.45) is 5.92 Å². The number of nitrogens with one attached hydrogen (secondary N) is 1. The van der Waals surface area contributed by atoms with E-state index in [0.29, 0.717) is 12.3 Å². The number of benzene rings is 1. The molecule has 1 aliphatic carbocycles. The fourth-order valence-corrected chi connectivity index (χ4v) is 2.19. The molecule has 0 bridgehead atoms. The van der Waals surface area contributed by atoms with Gasteiger partial charge in [0.05, 0.1) is 12.0 Å². The number of carbonyl (C=O) groups is 2. The van der Waals surface area contributed by atoms with Crippen LogP contribution < -0.4 is 14.8 Å². The fourth-order valence-electron chi connectivity index (χ4n) is 2.19. The summed E-state index contributed by atoms with van der Waals surface area (Å²) in [5, 5.41) is 22.3. The highest BCUT2D eigenvalue weighted by Gasteiger charge is 2.30. The number of hydrogen-bond donors (Lipinski definition) is 2. The number of aliphatic carboxylic acids is 1. The van der Waals surface area contributed by atoms with E-state index < -0.39 is 29.4 Å². The molecule has 1 aliphatic rings. The third-order valence-corrected chi connectivity index (χ3v) is 3.62. The summed E-state index contributed by atoms with van der Waals surface area (Å²) >= 11 is 0. The van der Waals surface area contributed by atoms with Crippen LogP contribution in [-0.4, -0.2) is 41.7 Å². The number of nitrogens with zero attached hydrogens (tertiary/aromatic N) is 1. The summed E-state index contributed by atoms with van der Waals surface area (Å²) in [5.74, 6) is -1.07. The van der Waals surface area contributed by atoms with Crippen LogP contribution in [-0.2, 0) is 9.59 Å². The Morgan fingerprint density at radius 3 is 2.71 bits per heavy atom. The number of ether oxygens (including phenoxy) is 2. The zero-order valence-electron chi connectivity index (χ0n) is 13.1. The maximum atomic E-state index is 11.8. The lowest BCUT2D eigenvalue weighted by atomic mass is 10.1. The zero-order chi connectivity index (χ0) is 17.7. The highest BCUT2D eigenvalue weighted by Crippen LogP contribution is 2.33. The first-order valence-electron chi connectivity index (χ1n) is 7.38. The van der Waals surface area contributed by atoms with Gasteiger partial charge in [-0.2, -0.15) is 0 Å². The van der Waals surface area contributed by atoms with Gasteiger partial charge in [0.1, 0.15) is 11.8 Å². The van der Waals surface area contributed by atoms with Crippen LogP contribution in [0.4, 0.5) is 5.69 Å². The van der Waals surface area contributed by atoms with E-state index in [9.17, 15) is 19.7 Å². The van der Waals surface area contributed by atoms with E-state index in [-0.39, 0.29) is 17.2 Å². The minimum atomic E-state index is -1.08. The predicted molar refractivity (Wildman–Crippen MR) is 82.1 cm³/mol.